The van der Waals surface area contributed by atoms with E-state index in [-0.39, 0.29) is 17.8 Å². The lowest BCUT2D eigenvalue weighted by Crippen LogP contribution is -2.44. The van der Waals surface area contributed by atoms with Gasteiger partial charge in [0.1, 0.15) is 11.9 Å². The van der Waals surface area contributed by atoms with E-state index in [0.29, 0.717) is 10.5 Å². The number of nitrogens with zero attached hydrogens (tertiary/aromatic N) is 1. The molecule has 1 atom stereocenters. The molecule has 0 spiro atoms. The minimum atomic E-state index is -0.202. The number of amides is 1. The molecule has 2 N–H and O–H groups in total. The van der Waals surface area contributed by atoms with Crippen LogP contribution in [0.1, 0.15) is 34.9 Å². The lowest BCUT2D eigenvalue weighted by molar-refractivity contribution is 0.0666. The Kier molecular flexibility index (Phi) is 3.11. The number of fused-ring (bicyclic) bond motifs is 1. The molecule has 1 aliphatic heterocycles. The Morgan fingerprint density at radius 3 is 2.68 bits per heavy atom. The maximum Gasteiger partial charge on any atom is 0.258 e. The zero-order valence-corrected chi connectivity index (χ0v) is 13.4. The zero-order valence-electron chi connectivity index (χ0n) is 11.8. The van der Waals surface area contributed by atoms with E-state index in [1.165, 1.54) is 0 Å². The highest BCUT2D eigenvalue weighted by Gasteiger charge is 2.42. The van der Waals surface area contributed by atoms with Crippen LogP contribution in [-0.2, 0) is 0 Å². The van der Waals surface area contributed by atoms with E-state index >= 15 is 0 Å². The Labute approximate surface area is 136 Å². The molecule has 1 amide bonds. The summed E-state index contributed by atoms with van der Waals surface area (Å²) in [6.45, 7) is 0. The van der Waals surface area contributed by atoms with Gasteiger partial charge in [-0.1, -0.05) is 18.2 Å². The van der Waals surface area contributed by atoms with Crippen LogP contribution >= 0.6 is 15.9 Å². The van der Waals surface area contributed by atoms with Crippen LogP contribution in [0.2, 0.25) is 0 Å². The third-order valence-corrected chi connectivity index (χ3v) is 4.83. The number of aromatic hydroxyl groups is 1. The number of phenolic OH excluding ortho intramolecular Hbond substituents is 1. The molecule has 4 rings (SSSR count). The smallest absolute Gasteiger partial charge is 0.258 e. The summed E-state index contributed by atoms with van der Waals surface area (Å²) in [5, 5.41) is 13.2. The first kappa shape index (κ1) is 13.6. The highest BCUT2D eigenvalue weighted by Crippen LogP contribution is 2.41. The molecular formula is C17H15BrN2O2. The fourth-order valence-electron chi connectivity index (χ4n) is 2.94. The summed E-state index contributed by atoms with van der Waals surface area (Å²) in [4.78, 5) is 14.8. The van der Waals surface area contributed by atoms with Gasteiger partial charge in [0.25, 0.3) is 5.91 Å². The number of para-hydroxylation sites is 1. The van der Waals surface area contributed by atoms with Crippen molar-refractivity contribution in [2.24, 2.45) is 0 Å². The number of carbonyl (C=O) groups is 1. The molecule has 112 valence electrons. The van der Waals surface area contributed by atoms with Gasteiger partial charge in [0.05, 0.1) is 10.0 Å². The average molecular weight is 359 g/mol. The Morgan fingerprint density at radius 2 is 1.95 bits per heavy atom. The van der Waals surface area contributed by atoms with Crippen molar-refractivity contribution in [3.8, 4) is 5.75 Å². The second-order valence-corrected chi connectivity index (χ2v) is 6.60. The molecule has 0 bridgehead atoms. The van der Waals surface area contributed by atoms with Gasteiger partial charge in [-0.15, -0.1) is 0 Å². The van der Waals surface area contributed by atoms with E-state index < -0.39 is 0 Å². The number of nitrogens with one attached hydrogen (secondary N) is 1. The predicted octanol–water partition coefficient (Wildman–Crippen LogP) is 3.88. The molecule has 2 aromatic rings. The van der Waals surface area contributed by atoms with Crippen molar-refractivity contribution in [2.75, 3.05) is 5.32 Å². The van der Waals surface area contributed by atoms with Crippen LogP contribution in [0, 0.1) is 0 Å². The van der Waals surface area contributed by atoms with Gasteiger partial charge in [-0.3, -0.25) is 4.79 Å². The van der Waals surface area contributed by atoms with Gasteiger partial charge >= 0.3 is 0 Å². The number of hydrogen-bond acceptors (Lipinski definition) is 3. The zero-order chi connectivity index (χ0) is 15.3. The van der Waals surface area contributed by atoms with Gasteiger partial charge in [-0.2, -0.15) is 0 Å². The molecule has 0 saturated heterocycles. The molecule has 0 radical (unpaired) electrons. The summed E-state index contributed by atoms with van der Waals surface area (Å²) >= 11 is 3.35. The van der Waals surface area contributed by atoms with Gasteiger partial charge < -0.3 is 15.3 Å². The fourth-order valence-corrected chi connectivity index (χ4v) is 3.33. The quantitative estimate of drug-likeness (QED) is 0.856. The Balaban J connectivity index is 1.80. The standard InChI is InChI=1S/C17H15BrN2O2/c18-13-9-10(5-8-15(13)21)16-19-14-4-2-1-3-12(14)17(22)20(16)11-6-7-11/h1-5,8-9,11,16,19,21H,6-7H2/t16-/m0/s1. The number of anilines is 1. The van der Waals surface area contributed by atoms with Crippen LogP contribution in [0.4, 0.5) is 5.69 Å². The number of carbonyl (C=O) groups excluding carboxylic acids is 1. The number of benzene rings is 2. The van der Waals surface area contributed by atoms with Gasteiger partial charge in [-0.25, -0.2) is 0 Å². The van der Waals surface area contributed by atoms with Crippen LogP contribution in [0.25, 0.3) is 0 Å². The molecule has 1 fully saturated rings. The Morgan fingerprint density at radius 1 is 1.18 bits per heavy atom. The summed E-state index contributed by atoms with van der Waals surface area (Å²) in [6.07, 6.45) is 1.89. The molecular weight excluding hydrogens is 344 g/mol. The summed E-state index contributed by atoms with van der Waals surface area (Å²) in [7, 11) is 0. The lowest BCUT2D eigenvalue weighted by atomic mass is 10.0. The topological polar surface area (TPSA) is 52.6 Å². The summed E-state index contributed by atoms with van der Waals surface area (Å²) in [6, 6.07) is 13.3. The molecule has 2 aromatic carbocycles. The molecule has 0 unspecified atom stereocenters. The summed E-state index contributed by atoms with van der Waals surface area (Å²) < 4.78 is 0.633. The van der Waals surface area contributed by atoms with E-state index in [2.05, 4.69) is 21.2 Å². The molecule has 2 aliphatic rings. The highest BCUT2D eigenvalue weighted by atomic mass is 79.9. The first-order valence-corrected chi connectivity index (χ1v) is 8.11. The van der Waals surface area contributed by atoms with Crippen LogP contribution in [0.3, 0.4) is 0 Å². The van der Waals surface area contributed by atoms with Crippen molar-refractivity contribution in [3.63, 3.8) is 0 Å². The lowest BCUT2D eigenvalue weighted by Gasteiger charge is -2.38. The van der Waals surface area contributed by atoms with Crippen molar-refractivity contribution < 1.29 is 9.90 Å². The minimum Gasteiger partial charge on any atom is -0.507 e. The SMILES string of the molecule is O=C1c2ccccc2N[C@H](c2ccc(O)c(Br)c2)N1C1CC1. The van der Waals surface area contributed by atoms with Crippen LogP contribution in [0.15, 0.2) is 46.9 Å². The van der Waals surface area contributed by atoms with Gasteiger partial charge in [0.2, 0.25) is 0 Å². The number of rotatable bonds is 2. The van der Waals surface area contributed by atoms with Gasteiger partial charge in [0, 0.05) is 11.7 Å². The average Bonchev–Trinajstić information content (AvgIpc) is 3.34. The third-order valence-electron chi connectivity index (χ3n) is 4.19. The van der Waals surface area contributed by atoms with Crippen molar-refractivity contribution in [2.45, 2.75) is 25.0 Å². The second-order valence-electron chi connectivity index (χ2n) is 5.75. The van der Waals surface area contributed by atoms with Crippen molar-refractivity contribution in [3.05, 3.63) is 58.1 Å². The largest absolute Gasteiger partial charge is 0.507 e. The maximum atomic E-state index is 12.9. The highest BCUT2D eigenvalue weighted by molar-refractivity contribution is 9.10. The van der Waals surface area contributed by atoms with Crippen molar-refractivity contribution in [1.29, 1.82) is 0 Å². The van der Waals surface area contributed by atoms with Gasteiger partial charge in [0.15, 0.2) is 0 Å². The number of halogens is 1. The van der Waals surface area contributed by atoms with E-state index in [1.54, 1.807) is 6.07 Å². The predicted molar refractivity (Wildman–Crippen MR) is 87.8 cm³/mol. The first-order chi connectivity index (χ1) is 10.6. The molecule has 1 heterocycles. The van der Waals surface area contributed by atoms with Gasteiger partial charge in [-0.05, 0) is 58.6 Å². The summed E-state index contributed by atoms with van der Waals surface area (Å²) in [5.41, 5.74) is 2.54. The Bertz CT molecular complexity index is 758. The molecule has 1 saturated carbocycles. The molecule has 22 heavy (non-hydrogen) atoms. The molecule has 5 heteroatoms. The molecule has 0 aromatic heterocycles. The first-order valence-electron chi connectivity index (χ1n) is 7.32. The fraction of sp³-hybridized carbons (Fsp3) is 0.235. The normalized spacial score (nSPS) is 20.5. The second kappa shape index (κ2) is 5.02. The van der Waals surface area contributed by atoms with Crippen LogP contribution < -0.4 is 5.32 Å². The number of hydrogen-bond donors (Lipinski definition) is 2. The maximum absolute atomic E-state index is 12.9. The van der Waals surface area contributed by atoms with E-state index in [4.69, 9.17) is 0 Å². The number of phenols is 1. The van der Waals surface area contributed by atoms with Crippen LogP contribution in [-0.4, -0.2) is 22.0 Å². The Hall–Kier alpha value is -2.01. The molecule has 4 nitrogen and oxygen atoms in total. The van der Waals surface area contributed by atoms with E-state index in [9.17, 15) is 9.90 Å². The van der Waals surface area contributed by atoms with Crippen LogP contribution in [0.5, 0.6) is 5.75 Å². The van der Waals surface area contributed by atoms with Crippen molar-refractivity contribution in [1.82, 2.24) is 4.90 Å². The monoisotopic (exact) mass is 358 g/mol. The van der Waals surface area contributed by atoms with E-state index in [0.717, 1.165) is 29.7 Å². The van der Waals surface area contributed by atoms with E-state index in [1.807, 2.05) is 41.3 Å². The minimum absolute atomic E-state index is 0.0750. The third kappa shape index (κ3) is 2.16. The molecule has 1 aliphatic carbocycles. The van der Waals surface area contributed by atoms with Crippen molar-refractivity contribution >= 4 is 27.5 Å². The summed E-state index contributed by atoms with van der Waals surface area (Å²) in [5.74, 6) is 0.273.